The summed E-state index contributed by atoms with van der Waals surface area (Å²) >= 11 is 8.13. The van der Waals surface area contributed by atoms with Gasteiger partial charge in [0.15, 0.2) is 0 Å². The Hall–Kier alpha value is -0.870. The van der Waals surface area contributed by atoms with Crippen LogP contribution < -0.4 is 4.90 Å². The molecule has 1 saturated carbocycles. The normalized spacial score (nSPS) is 24.3. The number of hydrogen-bond acceptors (Lipinski definition) is 4. The number of alkyl halides is 1. The molecular formula is C13H16ClN3S. The lowest BCUT2D eigenvalue weighted by molar-refractivity contribution is 0.433. The first-order valence-corrected chi connectivity index (χ1v) is 7.64. The molecule has 0 bridgehead atoms. The van der Waals surface area contributed by atoms with E-state index in [-0.39, 0.29) is 5.38 Å². The van der Waals surface area contributed by atoms with Crippen molar-refractivity contribution in [2.24, 2.45) is 0 Å². The monoisotopic (exact) mass is 281 g/mol. The second-order valence-electron chi connectivity index (χ2n) is 4.82. The highest BCUT2D eigenvalue weighted by molar-refractivity contribution is 7.16. The molecule has 0 aromatic carbocycles. The van der Waals surface area contributed by atoms with Gasteiger partial charge in [-0.3, -0.25) is 0 Å². The Morgan fingerprint density at radius 1 is 1.33 bits per heavy atom. The number of aromatic nitrogens is 2. The molecule has 3 nitrogen and oxygen atoms in total. The first kappa shape index (κ1) is 12.2. The third-order valence-corrected chi connectivity index (χ3v) is 5.05. The molecule has 2 unspecified atom stereocenters. The number of fused-ring (bicyclic) bond motifs is 1. The summed E-state index contributed by atoms with van der Waals surface area (Å²) in [6, 6.07) is 2.48. The predicted molar refractivity (Wildman–Crippen MR) is 77.7 cm³/mol. The molecule has 3 rings (SSSR count). The van der Waals surface area contributed by atoms with E-state index >= 15 is 0 Å². The number of rotatable bonds is 2. The molecule has 2 atom stereocenters. The molecule has 1 fully saturated rings. The summed E-state index contributed by atoms with van der Waals surface area (Å²) < 4.78 is 0. The van der Waals surface area contributed by atoms with Gasteiger partial charge in [0.05, 0.1) is 10.8 Å². The van der Waals surface area contributed by atoms with Crippen LogP contribution in [0, 0.1) is 0 Å². The Balaban J connectivity index is 1.95. The number of thiophene rings is 1. The van der Waals surface area contributed by atoms with Crippen molar-refractivity contribution in [3.63, 3.8) is 0 Å². The largest absolute Gasteiger partial charge is 0.355 e. The number of nitrogens with zero attached hydrogens (tertiary/aromatic N) is 3. The molecule has 0 amide bonds. The molecular weight excluding hydrogens is 266 g/mol. The van der Waals surface area contributed by atoms with Crippen LogP contribution >= 0.6 is 22.9 Å². The molecule has 0 radical (unpaired) electrons. The van der Waals surface area contributed by atoms with E-state index in [1.54, 1.807) is 17.7 Å². The second kappa shape index (κ2) is 5.02. The van der Waals surface area contributed by atoms with Gasteiger partial charge in [-0.1, -0.05) is 12.8 Å². The SMILES string of the molecule is CN(c1ncnc2sccc12)C1CCCCC1Cl. The number of hydrogen-bond donors (Lipinski definition) is 0. The van der Waals surface area contributed by atoms with E-state index in [0.717, 1.165) is 28.9 Å². The molecule has 1 aliphatic carbocycles. The van der Waals surface area contributed by atoms with E-state index < -0.39 is 0 Å². The minimum Gasteiger partial charge on any atom is -0.355 e. The van der Waals surface area contributed by atoms with Crippen LogP contribution in [0.1, 0.15) is 25.7 Å². The lowest BCUT2D eigenvalue weighted by Crippen LogP contribution is -2.41. The molecule has 0 spiro atoms. The highest BCUT2D eigenvalue weighted by atomic mass is 35.5. The van der Waals surface area contributed by atoms with Gasteiger partial charge in [-0.2, -0.15) is 0 Å². The number of anilines is 1. The van der Waals surface area contributed by atoms with E-state index in [0.29, 0.717) is 6.04 Å². The van der Waals surface area contributed by atoms with Crippen LogP contribution in [-0.4, -0.2) is 28.4 Å². The van der Waals surface area contributed by atoms with Gasteiger partial charge in [-0.05, 0) is 24.3 Å². The van der Waals surface area contributed by atoms with Gasteiger partial charge >= 0.3 is 0 Å². The minimum absolute atomic E-state index is 0.229. The fraction of sp³-hybridized carbons (Fsp3) is 0.538. The van der Waals surface area contributed by atoms with Gasteiger partial charge in [0.2, 0.25) is 0 Å². The Kier molecular flexibility index (Phi) is 3.39. The van der Waals surface area contributed by atoms with E-state index in [1.807, 2.05) is 0 Å². The van der Waals surface area contributed by atoms with E-state index in [1.165, 1.54) is 12.8 Å². The van der Waals surface area contributed by atoms with Crippen molar-refractivity contribution in [3.8, 4) is 0 Å². The smallest absolute Gasteiger partial charge is 0.140 e. The molecule has 0 aliphatic heterocycles. The van der Waals surface area contributed by atoms with Crippen LogP contribution in [0.3, 0.4) is 0 Å². The molecule has 0 saturated heterocycles. The topological polar surface area (TPSA) is 29.0 Å². The molecule has 2 heterocycles. The highest BCUT2D eigenvalue weighted by Crippen LogP contribution is 2.32. The van der Waals surface area contributed by atoms with Crippen molar-refractivity contribution < 1.29 is 0 Å². The summed E-state index contributed by atoms with van der Waals surface area (Å²) in [6.45, 7) is 0. The van der Waals surface area contributed by atoms with Crippen molar-refractivity contribution in [1.29, 1.82) is 0 Å². The van der Waals surface area contributed by atoms with E-state index in [9.17, 15) is 0 Å². The summed E-state index contributed by atoms with van der Waals surface area (Å²) in [7, 11) is 2.10. The molecule has 5 heteroatoms. The van der Waals surface area contributed by atoms with Gasteiger partial charge in [0.25, 0.3) is 0 Å². The predicted octanol–water partition coefficient (Wildman–Crippen LogP) is 3.68. The van der Waals surface area contributed by atoms with Gasteiger partial charge in [-0.25, -0.2) is 9.97 Å². The minimum atomic E-state index is 0.229. The van der Waals surface area contributed by atoms with Crippen molar-refractivity contribution in [2.75, 3.05) is 11.9 Å². The van der Waals surface area contributed by atoms with Crippen LogP contribution in [0.25, 0.3) is 10.2 Å². The van der Waals surface area contributed by atoms with Gasteiger partial charge < -0.3 is 4.90 Å². The summed E-state index contributed by atoms with van der Waals surface area (Å²) in [6.07, 6.45) is 6.41. The Morgan fingerprint density at radius 2 is 2.17 bits per heavy atom. The molecule has 0 N–H and O–H groups in total. The van der Waals surface area contributed by atoms with Gasteiger partial charge in [-0.15, -0.1) is 22.9 Å². The first-order chi connectivity index (χ1) is 8.77. The second-order valence-corrected chi connectivity index (χ2v) is 6.27. The summed E-state index contributed by atoms with van der Waals surface area (Å²) in [5.41, 5.74) is 0. The van der Waals surface area contributed by atoms with E-state index in [4.69, 9.17) is 11.6 Å². The van der Waals surface area contributed by atoms with Crippen molar-refractivity contribution >= 4 is 39.0 Å². The molecule has 2 aromatic heterocycles. The summed E-state index contributed by atoms with van der Waals surface area (Å²) in [5.74, 6) is 1.01. The lowest BCUT2D eigenvalue weighted by Gasteiger charge is -2.35. The Morgan fingerprint density at radius 3 is 3.00 bits per heavy atom. The average molecular weight is 282 g/mol. The third-order valence-electron chi connectivity index (χ3n) is 3.72. The zero-order chi connectivity index (χ0) is 12.5. The van der Waals surface area contributed by atoms with Crippen LogP contribution in [0.15, 0.2) is 17.8 Å². The fourth-order valence-electron chi connectivity index (χ4n) is 2.72. The molecule has 96 valence electrons. The van der Waals surface area contributed by atoms with Crippen molar-refractivity contribution in [2.45, 2.75) is 37.1 Å². The molecule has 1 aliphatic rings. The maximum absolute atomic E-state index is 6.47. The summed E-state index contributed by atoms with van der Waals surface area (Å²) in [5, 5.41) is 3.43. The Labute approximate surface area is 116 Å². The maximum Gasteiger partial charge on any atom is 0.140 e. The quantitative estimate of drug-likeness (QED) is 0.787. The zero-order valence-corrected chi connectivity index (χ0v) is 11.9. The first-order valence-electron chi connectivity index (χ1n) is 6.32. The molecule has 2 aromatic rings. The standard InChI is InChI=1S/C13H16ClN3S/c1-17(11-5-3-2-4-10(11)14)12-9-6-7-18-13(9)16-8-15-12/h6-8,10-11H,2-5H2,1H3. The van der Waals surface area contributed by atoms with Crippen LogP contribution in [-0.2, 0) is 0 Å². The third kappa shape index (κ3) is 2.08. The van der Waals surface area contributed by atoms with Crippen molar-refractivity contribution in [3.05, 3.63) is 17.8 Å². The lowest BCUT2D eigenvalue weighted by atomic mass is 9.94. The van der Waals surface area contributed by atoms with Crippen LogP contribution in [0.5, 0.6) is 0 Å². The maximum atomic E-state index is 6.47. The van der Waals surface area contributed by atoms with Crippen molar-refractivity contribution in [1.82, 2.24) is 9.97 Å². The summed E-state index contributed by atoms with van der Waals surface area (Å²) in [4.78, 5) is 12.0. The van der Waals surface area contributed by atoms with Gasteiger partial charge in [0, 0.05) is 13.1 Å². The molecule has 18 heavy (non-hydrogen) atoms. The zero-order valence-electron chi connectivity index (χ0n) is 10.3. The Bertz CT molecular complexity index is 542. The van der Waals surface area contributed by atoms with Gasteiger partial charge in [0.1, 0.15) is 17.0 Å². The van der Waals surface area contributed by atoms with Crippen LogP contribution in [0.4, 0.5) is 5.82 Å². The number of halogens is 1. The average Bonchev–Trinajstić information content (AvgIpc) is 2.86. The highest BCUT2D eigenvalue weighted by Gasteiger charge is 2.28. The van der Waals surface area contributed by atoms with Crippen LogP contribution in [0.2, 0.25) is 0 Å². The van der Waals surface area contributed by atoms with E-state index in [2.05, 4.69) is 33.4 Å². The fourth-order valence-corrected chi connectivity index (χ4v) is 3.89.